The predicted octanol–water partition coefficient (Wildman–Crippen LogP) is 1.13. The van der Waals surface area contributed by atoms with Crippen LogP contribution in [0.3, 0.4) is 0 Å². The first-order chi connectivity index (χ1) is 9.31. The summed E-state index contributed by atoms with van der Waals surface area (Å²) in [5.74, 6) is -2.33. The standard InChI is InChI=1S/C12H16F2N2O3S/c13-8-3-4-9(10(14)11(8)15)20(18,19)16-12(7-17)5-1-2-6-12/h3-4,16-17H,1-2,5-7,15H2. The summed E-state index contributed by atoms with van der Waals surface area (Å²) in [5, 5.41) is 9.39. The maximum atomic E-state index is 13.8. The molecular formula is C12H16F2N2O3S. The zero-order valence-corrected chi connectivity index (χ0v) is 11.5. The molecule has 1 aromatic carbocycles. The molecule has 1 aliphatic rings. The van der Waals surface area contributed by atoms with Crippen LogP contribution in [0.1, 0.15) is 25.7 Å². The van der Waals surface area contributed by atoms with Gasteiger partial charge in [0.05, 0.1) is 12.1 Å². The largest absolute Gasteiger partial charge is 0.394 e. The third kappa shape index (κ3) is 2.63. The molecule has 0 aliphatic heterocycles. The highest BCUT2D eigenvalue weighted by atomic mass is 32.2. The molecule has 5 nitrogen and oxygen atoms in total. The number of anilines is 1. The van der Waals surface area contributed by atoms with Crippen molar-refractivity contribution in [2.24, 2.45) is 0 Å². The van der Waals surface area contributed by atoms with Gasteiger partial charge in [-0.25, -0.2) is 21.9 Å². The molecule has 0 atom stereocenters. The third-order valence-corrected chi connectivity index (χ3v) is 5.19. The minimum absolute atomic E-state index is 0.371. The molecule has 8 heteroatoms. The molecule has 1 fully saturated rings. The van der Waals surface area contributed by atoms with Gasteiger partial charge in [0.1, 0.15) is 16.4 Å². The second-order valence-electron chi connectivity index (χ2n) is 5.02. The van der Waals surface area contributed by atoms with E-state index in [9.17, 15) is 22.3 Å². The average molecular weight is 306 g/mol. The van der Waals surface area contributed by atoms with Crippen LogP contribution in [0.15, 0.2) is 17.0 Å². The summed E-state index contributed by atoms with van der Waals surface area (Å²) in [6.45, 7) is -0.371. The Bertz CT molecular complexity index is 613. The molecule has 4 N–H and O–H groups in total. The zero-order valence-electron chi connectivity index (χ0n) is 10.7. The van der Waals surface area contributed by atoms with Crippen LogP contribution >= 0.6 is 0 Å². The summed E-state index contributed by atoms with van der Waals surface area (Å²) in [6, 6.07) is 1.62. The number of hydrogen-bond donors (Lipinski definition) is 3. The van der Waals surface area contributed by atoms with Gasteiger partial charge in [0.25, 0.3) is 0 Å². The Balaban J connectivity index is 2.38. The van der Waals surface area contributed by atoms with E-state index in [1.165, 1.54) is 0 Å². The number of nitrogen functional groups attached to an aromatic ring is 1. The Kier molecular flexibility index (Phi) is 3.99. The van der Waals surface area contributed by atoms with Gasteiger partial charge in [-0.05, 0) is 25.0 Å². The Morgan fingerprint density at radius 1 is 1.30 bits per heavy atom. The number of nitrogens with two attached hydrogens (primary N) is 1. The van der Waals surface area contributed by atoms with Gasteiger partial charge in [-0.3, -0.25) is 0 Å². The molecule has 20 heavy (non-hydrogen) atoms. The van der Waals surface area contributed by atoms with Crippen molar-refractivity contribution in [3.63, 3.8) is 0 Å². The van der Waals surface area contributed by atoms with Crippen molar-refractivity contribution in [1.29, 1.82) is 0 Å². The van der Waals surface area contributed by atoms with Crippen LogP contribution in [0.25, 0.3) is 0 Å². The van der Waals surface area contributed by atoms with Crippen molar-refractivity contribution >= 4 is 15.7 Å². The van der Waals surface area contributed by atoms with Crippen LogP contribution in [0.5, 0.6) is 0 Å². The van der Waals surface area contributed by atoms with Crippen LogP contribution in [0, 0.1) is 11.6 Å². The molecule has 0 bridgehead atoms. The van der Waals surface area contributed by atoms with E-state index in [4.69, 9.17) is 5.73 Å². The molecule has 0 heterocycles. The number of halogens is 2. The quantitative estimate of drug-likeness (QED) is 0.727. The molecule has 2 rings (SSSR count). The first-order valence-electron chi connectivity index (χ1n) is 6.20. The SMILES string of the molecule is Nc1c(F)ccc(S(=O)(=O)NC2(CO)CCCC2)c1F. The van der Waals surface area contributed by atoms with Gasteiger partial charge in [0.15, 0.2) is 5.82 Å². The molecule has 0 radical (unpaired) electrons. The number of hydrogen-bond acceptors (Lipinski definition) is 4. The van der Waals surface area contributed by atoms with Gasteiger partial charge < -0.3 is 10.8 Å². The zero-order chi connectivity index (χ0) is 15.0. The lowest BCUT2D eigenvalue weighted by Crippen LogP contribution is -2.49. The summed E-state index contributed by atoms with van der Waals surface area (Å²) < 4.78 is 53.6. The van der Waals surface area contributed by atoms with Gasteiger partial charge in [0.2, 0.25) is 10.0 Å². The third-order valence-electron chi connectivity index (χ3n) is 3.59. The summed E-state index contributed by atoms with van der Waals surface area (Å²) in [4.78, 5) is -0.712. The topological polar surface area (TPSA) is 92.4 Å². The van der Waals surface area contributed by atoms with E-state index in [1.54, 1.807) is 0 Å². The van der Waals surface area contributed by atoms with Crippen molar-refractivity contribution in [3.05, 3.63) is 23.8 Å². The number of aliphatic hydroxyl groups is 1. The summed E-state index contributed by atoms with van der Waals surface area (Å²) >= 11 is 0. The van der Waals surface area contributed by atoms with E-state index in [-0.39, 0.29) is 6.61 Å². The molecule has 1 aromatic rings. The molecule has 0 amide bonds. The minimum Gasteiger partial charge on any atom is -0.394 e. The number of rotatable bonds is 4. The van der Waals surface area contributed by atoms with Gasteiger partial charge in [-0.15, -0.1) is 0 Å². The highest BCUT2D eigenvalue weighted by Crippen LogP contribution is 2.32. The normalized spacial score (nSPS) is 18.4. The van der Waals surface area contributed by atoms with Gasteiger partial charge >= 0.3 is 0 Å². The smallest absolute Gasteiger partial charge is 0.244 e. The van der Waals surface area contributed by atoms with Crippen molar-refractivity contribution < 1.29 is 22.3 Å². The molecule has 0 unspecified atom stereocenters. The molecular weight excluding hydrogens is 290 g/mol. The van der Waals surface area contributed by atoms with Crippen LogP contribution in [0.4, 0.5) is 14.5 Å². The fourth-order valence-electron chi connectivity index (χ4n) is 2.44. The maximum Gasteiger partial charge on any atom is 0.244 e. The predicted molar refractivity (Wildman–Crippen MR) is 69.4 cm³/mol. The van der Waals surface area contributed by atoms with Crippen molar-refractivity contribution in [2.45, 2.75) is 36.1 Å². The van der Waals surface area contributed by atoms with Crippen molar-refractivity contribution in [2.75, 3.05) is 12.3 Å². The second-order valence-corrected chi connectivity index (χ2v) is 6.68. The second kappa shape index (κ2) is 5.27. The first-order valence-corrected chi connectivity index (χ1v) is 7.68. The molecule has 112 valence electrons. The van der Waals surface area contributed by atoms with Gasteiger partial charge in [0, 0.05) is 0 Å². The number of benzene rings is 1. The van der Waals surface area contributed by atoms with E-state index >= 15 is 0 Å². The molecule has 1 saturated carbocycles. The van der Waals surface area contributed by atoms with E-state index in [1.807, 2.05) is 0 Å². The number of aliphatic hydroxyl groups excluding tert-OH is 1. The summed E-state index contributed by atoms with van der Waals surface area (Å²) in [5.41, 5.74) is 3.35. The molecule has 0 saturated heterocycles. The van der Waals surface area contributed by atoms with Crippen LogP contribution in [0.2, 0.25) is 0 Å². The van der Waals surface area contributed by atoms with E-state index < -0.39 is 37.8 Å². The minimum atomic E-state index is -4.22. The Hall–Kier alpha value is -1.25. The Morgan fingerprint density at radius 3 is 2.45 bits per heavy atom. The molecule has 1 aliphatic carbocycles. The molecule has 0 aromatic heterocycles. The first kappa shape index (κ1) is 15.1. The van der Waals surface area contributed by atoms with Crippen LogP contribution in [-0.2, 0) is 10.0 Å². The number of sulfonamides is 1. The van der Waals surface area contributed by atoms with Gasteiger partial charge in [-0.1, -0.05) is 12.8 Å². The van der Waals surface area contributed by atoms with E-state index in [2.05, 4.69) is 4.72 Å². The maximum absolute atomic E-state index is 13.8. The van der Waals surface area contributed by atoms with E-state index in [0.717, 1.165) is 25.0 Å². The fraction of sp³-hybridized carbons (Fsp3) is 0.500. The van der Waals surface area contributed by atoms with Crippen molar-refractivity contribution in [3.8, 4) is 0 Å². The number of nitrogens with one attached hydrogen (secondary N) is 1. The Morgan fingerprint density at radius 2 is 1.90 bits per heavy atom. The highest BCUT2D eigenvalue weighted by molar-refractivity contribution is 7.89. The monoisotopic (exact) mass is 306 g/mol. The molecule has 0 spiro atoms. The lowest BCUT2D eigenvalue weighted by molar-refractivity contribution is 0.185. The summed E-state index contributed by atoms with van der Waals surface area (Å²) in [7, 11) is -4.22. The lowest BCUT2D eigenvalue weighted by atomic mass is 10.0. The van der Waals surface area contributed by atoms with Crippen LogP contribution in [-0.4, -0.2) is 25.7 Å². The van der Waals surface area contributed by atoms with Gasteiger partial charge in [-0.2, -0.15) is 0 Å². The Labute approximate surface area is 115 Å². The fourth-order valence-corrected chi connectivity index (χ4v) is 3.98. The average Bonchev–Trinajstić information content (AvgIpc) is 2.84. The lowest BCUT2D eigenvalue weighted by Gasteiger charge is -2.27. The highest BCUT2D eigenvalue weighted by Gasteiger charge is 2.38. The van der Waals surface area contributed by atoms with Crippen LogP contribution < -0.4 is 10.5 Å². The summed E-state index contributed by atoms with van der Waals surface area (Å²) in [6.07, 6.45) is 2.50. The van der Waals surface area contributed by atoms with E-state index in [0.29, 0.717) is 12.8 Å². The van der Waals surface area contributed by atoms with Crippen molar-refractivity contribution in [1.82, 2.24) is 4.72 Å².